The van der Waals surface area contributed by atoms with Gasteiger partial charge in [0.15, 0.2) is 0 Å². The van der Waals surface area contributed by atoms with Crippen LogP contribution in [-0.2, 0) is 4.74 Å². The highest BCUT2D eigenvalue weighted by molar-refractivity contribution is 5.22. The Morgan fingerprint density at radius 3 is 2.26 bits per heavy atom. The van der Waals surface area contributed by atoms with Crippen LogP contribution in [0.15, 0.2) is 18.2 Å². The van der Waals surface area contributed by atoms with Crippen LogP contribution in [0.4, 0.5) is 8.78 Å². The molecular formula is C14H18F2N2O. The predicted molar refractivity (Wildman–Crippen MR) is 67.6 cm³/mol. The second-order valence-electron chi connectivity index (χ2n) is 5.37. The van der Waals surface area contributed by atoms with E-state index in [9.17, 15) is 8.78 Å². The van der Waals surface area contributed by atoms with Crippen molar-refractivity contribution in [2.75, 3.05) is 19.6 Å². The summed E-state index contributed by atoms with van der Waals surface area (Å²) in [7, 11) is 0. The Morgan fingerprint density at radius 1 is 1.16 bits per heavy atom. The highest BCUT2D eigenvalue weighted by Crippen LogP contribution is 2.31. The lowest BCUT2D eigenvalue weighted by atomic mass is 10.0. The molecular weight excluding hydrogens is 250 g/mol. The normalized spacial score (nSPS) is 28.6. The molecule has 0 radical (unpaired) electrons. The first-order valence-electron chi connectivity index (χ1n) is 6.71. The van der Waals surface area contributed by atoms with Crippen molar-refractivity contribution in [1.29, 1.82) is 0 Å². The number of hydrogen-bond acceptors (Lipinski definition) is 3. The average Bonchev–Trinajstić information content (AvgIpc) is 2.68. The number of nitrogens with zero attached hydrogens (tertiary/aromatic N) is 1. The van der Waals surface area contributed by atoms with Gasteiger partial charge in [0.2, 0.25) is 0 Å². The average molecular weight is 268 g/mol. The van der Waals surface area contributed by atoms with Gasteiger partial charge in [-0.05, 0) is 30.5 Å². The van der Waals surface area contributed by atoms with Gasteiger partial charge in [-0.1, -0.05) is 0 Å². The van der Waals surface area contributed by atoms with Crippen molar-refractivity contribution in [2.45, 2.75) is 31.1 Å². The molecule has 2 fully saturated rings. The van der Waals surface area contributed by atoms with E-state index in [0.29, 0.717) is 12.1 Å². The Hall–Kier alpha value is -1.04. The minimum atomic E-state index is -0.551. The standard InChI is InChI=1S/C14H18F2N2O/c15-10-3-9(4-11(16)5-10)14(6-17)18-7-12-1-2-13(8-18)19-12/h3-5,12-14H,1-2,6-8,17H2. The molecule has 0 aliphatic carbocycles. The van der Waals surface area contributed by atoms with Gasteiger partial charge >= 0.3 is 0 Å². The zero-order chi connectivity index (χ0) is 13.4. The molecule has 3 rings (SSSR count). The van der Waals surface area contributed by atoms with Gasteiger partial charge in [0, 0.05) is 31.7 Å². The van der Waals surface area contributed by atoms with Crippen LogP contribution in [0, 0.1) is 11.6 Å². The van der Waals surface area contributed by atoms with E-state index in [-0.39, 0.29) is 18.2 Å². The van der Waals surface area contributed by atoms with Crippen LogP contribution in [0.2, 0.25) is 0 Å². The lowest BCUT2D eigenvalue weighted by Crippen LogP contribution is -2.46. The monoisotopic (exact) mass is 268 g/mol. The third-order valence-electron chi connectivity index (χ3n) is 4.01. The third kappa shape index (κ3) is 2.63. The van der Waals surface area contributed by atoms with Gasteiger partial charge < -0.3 is 10.5 Å². The minimum Gasteiger partial charge on any atom is -0.372 e. The summed E-state index contributed by atoms with van der Waals surface area (Å²) in [6, 6.07) is 3.49. The van der Waals surface area contributed by atoms with Crippen LogP contribution in [0.25, 0.3) is 0 Å². The fourth-order valence-electron chi connectivity index (χ4n) is 3.16. The summed E-state index contributed by atoms with van der Waals surface area (Å²) in [6.07, 6.45) is 2.61. The molecule has 2 saturated heterocycles. The van der Waals surface area contributed by atoms with Crippen molar-refractivity contribution in [3.8, 4) is 0 Å². The van der Waals surface area contributed by atoms with Crippen LogP contribution in [-0.4, -0.2) is 36.7 Å². The first kappa shape index (κ1) is 13.0. The van der Waals surface area contributed by atoms with Crippen molar-refractivity contribution < 1.29 is 13.5 Å². The zero-order valence-electron chi connectivity index (χ0n) is 10.7. The Morgan fingerprint density at radius 2 is 1.74 bits per heavy atom. The predicted octanol–water partition coefficient (Wildman–Crippen LogP) is 1.83. The number of nitrogens with two attached hydrogens (primary N) is 1. The molecule has 2 bridgehead atoms. The highest BCUT2D eigenvalue weighted by Gasteiger charge is 2.36. The quantitative estimate of drug-likeness (QED) is 0.909. The number of ether oxygens (including phenoxy) is 1. The summed E-state index contributed by atoms with van der Waals surface area (Å²) in [6.45, 7) is 1.93. The molecule has 0 aromatic heterocycles. The number of fused-ring (bicyclic) bond motifs is 2. The number of morpholine rings is 1. The SMILES string of the molecule is NCC(c1cc(F)cc(F)c1)N1CC2CCC(C1)O2. The van der Waals surface area contributed by atoms with Gasteiger partial charge in [-0.15, -0.1) is 0 Å². The second kappa shape index (κ2) is 5.15. The maximum absolute atomic E-state index is 13.3. The highest BCUT2D eigenvalue weighted by atomic mass is 19.1. The van der Waals surface area contributed by atoms with Crippen molar-refractivity contribution in [3.05, 3.63) is 35.4 Å². The van der Waals surface area contributed by atoms with E-state index in [1.807, 2.05) is 0 Å². The number of rotatable bonds is 3. The molecule has 5 heteroatoms. The number of halogens is 2. The first-order chi connectivity index (χ1) is 9.15. The van der Waals surface area contributed by atoms with E-state index in [2.05, 4.69) is 4.90 Å². The maximum atomic E-state index is 13.3. The summed E-state index contributed by atoms with van der Waals surface area (Å²) < 4.78 is 32.4. The fraction of sp³-hybridized carbons (Fsp3) is 0.571. The van der Waals surface area contributed by atoms with Crippen LogP contribution >= 0.6 is 0 Å². The van der Waals surface area contributed by atoms with Gasteiger partial charge in [-0.2, -0.15) is 0 Å². The second-order valence-corrected chi connectivity index (χ2v) is 5.37. The Labute approximate surface area is 111 Å². The Balaban J connectivity index is 1.83. The van der Waals surface area contributed by atoms with Crippen LogP contribution in [0.1, 0.15) is 24.4 Å². The van der Waals surface area contributed by atoms with Crippen molar-refractivity contribution in [2.24, 2.45) is 5.73 Å². The van der Waals surface area contributed by atoms with E-state index >= 15 is 0 Å². The summed E-state index contributed by atoms with van der Waals surface area (Å²) in [4.78, 5) is 2.19. The molecule has 0 saturated carbocycles. The molecule has 0 amide bonds. The molecule has 19 heavy (non-hydrogen) atoms. The van der Waals surface area contributed by atoms with Crippen LogP contribution < -0.4 is 5.73 Å². The van der Waals surface area contributed by atoms with Gasteiger partial charge in [-0.25, -0.2) is 8.78 Å². The molecule has 1 aromatic rings. The minimum absolute atomic E-state index is 0.141. The van der Waals surface area contributed by atoms with Gasteiger partial charge in [0.1, 0.15) is 11.6 Å². The van der Waals surface area contributed by atoms with Crippen molar-refractivity contribution in [1.82, 2.24) is 4.90 Å². The van der Waals surface area contributed by atoms with Gasteiger partial charge in [-0.3, -0.25) is 4.90 Å². The Kier molecular flexibility index (Phi) is 3.52. The fourth-order valence-corrected chi connectivity index (χ4v) is 3.16. The topological polar surface area (TPSA) is 38.5 Å². The maximum Gasteiger partial charge on any atom is 0.126 e. The molecule has 2 N–H and O–H groups in total. The molecule has 1 aromatic carbocycles. The number of hydrogen-bond donors (Lipinski definition) is 1. The third-order valence-corrected chi connectivity index (χ3v) is 4.01. The molecule has 2 heterocycles. The summed E-state index contributed by atoms with van der Waals surface area (Å²) in [5.41, 5.74) is 6.43. The Bertz CT molecular complexity index is 437. The molecule has 0 spiro atoms. The molecule has 3 atom stereocenters. The van der Waals surface area contributed by atoms with Gasteiger partial charge in [0.05, 0.1) is 12.2 Å². The lowest BCUT2D eigenvalue weighted by Gasteiger charge is -2.37. The largest absolute Gasteiger partial charge is 0.372 e. The van der Waals surface area contributed by atoms with E-state index in [4.69, 9.17) is 10.5 Å². The first-order valence-corrected chi connectivity index (χ1v) is 6.71. The van der Waals surface area contributed by atoms with E-state index < -0.39 is 11.6 Å². The molecule has 2 aliphatic rings. The molecule has 3 nitrogen and oxygen atoms in total. The molecule has 104 valence electrons. The van der Waals surface area contributed by atoms with Crippen molar-refractivity contribution in [3.63, 3.8) is 0 Å². The van der Waals surface area contributed by atoms with Crippen LogP contribution in [0.5, 0.6) is 0 Å². The zero-order valence-corrected chi connectivity index (χ0v) is 10.7. The lowest BCUT2D eigenvalue weighted by molar-refractivity contribution is -0.0521. The summed E-state index contributed by atoms with van der Waals surface area (Å²) in [5.74, 6) is -1.10. The molecule has 2 aliphatic heterocycles. The summed E-state index contributed by atoms with van der Waals surface area (Å²) in [5, 5.41) is 0. The van der Waals surface area contributed by atoms with Crippen molar-refractivity contribution >= 4 is 0 Å². The van der Waals surface area contributed by atoms with Crippen LogP contribution in [0.3, 0.4) is 0 Å². The molecule has 3 unspecified atom stereocenters. The van der Waals surface area contributed by atoms with Gasteiger partial charge in [0.25, 0.3) is 0 Å². The van der Waals surface area contributed by atoms with E-state index in [0.717, 1.165) is 32.0 Å². The smallest absolute Gasteiger partial charge is 0.126 e. The number of benzene rings is 1. The van der Waals surface area contributed by atoms with E-state index in [1.165, 1.54) is 12.1 Å². The number of likely N-dealkylation sites (tertiary alicyclic amines) is 1. The summed E-state index contributed by atoms with van der Waals surface area (Å²) >= 11 is 0. The van der Waals surface area contributed by atoms with E-state index in [1.54, 1.807) is 0 Å².